The van der Waals surface area contributed by atoms with E-state index in [2.05, 4.69) is 52.1 Å². The van der Waals surface area contributed by atoms with Crippen LogP contribution >= 0.6 is 15.9 Å². The Kier molecular flexibility index (Phi) is 4.61. The first kappa shape index (κ1) is 14.1. The van der Waals surface area contributed by atoms with Gasteiger partial charge >= 0.3 is 0 Å². The third-order valence-electron chi connectivity index (χ3n) is 3.15. The molecule has 0 aromatic heterocycles. The summed E-state index contributed by atoms with van der Waals surface area (Å²) < 4.78 is 1.10. The molecule has 0 bridgehead atoms. The maximum absolute atomic E-state index is 9.50. The molecule has 0 saturated heterocycles. The second-order valence-electron chi connectivity index (χ2n) is 4.75. The van der Waals surface area contributed by atoms with Gasteiger partial charge in [0.1, 0.15) is 0 Å². The van der Waals surface area contributed by atoms with Crippen LogP contribution in [0.3, 0.4) is 0 Å². The lowest BCUT2D eigenvalue weighted by atomic mass is 10.1. The number of nitrogens with zero attached hydrogens (tertiary/aromatic N) is 1. The maximum atomic E-state index is 9.50. The van der Waals surface area contributed by atoms with Crippen molar-refractivity contribution in [2.24, 2.45) is 0 Å². The molecule has 0 amide bonds. The van der Waals surface area contributed by atoms with E-state index in [1.165, 1.54) is 5.56 Å². The topological polar surface area (TPSA) is 23.5 Å². The van der Waals surface area contributed by atoms with Crippen LogP contribution in [-0.4, -0.2) is 12.2 Å². The summed E-state index contributed by atoms with van der Waals surface area (Å²) in [4.78, 5) is 2.19. The van der Waals surface area contributed by atoms with E-state index in [9.17, 15) is 5.11 Å². The molecule has 19 heavy (non-hydrogen) atoms. The second kappa shape index (κ2) is 6.22. The summed E-state index contributed by atoms with van der Waals surface area (Å²) in [5, 5.41) is 9.50. The number of anilines is 1. The lowest BCUT2D eigenvalue weighted by Crippen LogP contribution is -2.16. The third kappa shape index (κ3) is 3.82. The molecule has 0 fully saturated rings. The summed E-state index contributed by atoms with van der Waals surface area (Å²) in [6.45, 7) is 2.64. The van der Waals surface area contributed by atoms with Crippen molar-refractivity contribution in [1.29, 1.82) is 0 Å². The van der Waals surface area contributed by atoms with Crippen LogP contribution in [0.1, 0.15) is 24.2 Å². The highest BCUT2D eigenvalue weighted by Gasteiger charge is 2.04. The monoisotopic (exact) mass is 319 g/mol. The molecule has 2 aromatic rings. The van der Waals surface area contributed by atoms with Gasteiger partial charge in [0.25, 0.3) is 0 Å². The van der Waals surface area contributed by atoms with Crippen molar-refractivity contribution in [1.82, 2.24) is 0 Å². The largest absolute Gasteiger partial charge is 0.389 e. The fraction of sp³-hybridized carbons (Fsp3) is 0.250. The summed E-state index contributed by atoms with van der Waals surface area (Å²) in [6.07, 6.45) is -0.411. The van der Waals surface area contributed by atoms with E-state index in [0.717, 1.165) is 22.3 Å². The second-order valence-corrected chi connectivity index (χ2v) is 5.67. The molecule has 1 atom stereocenters. The lowest BCUT2D eigenvalue weighted by Gasteiger charge is -2.20. The molecule has 100 valence electrons. The van der Waals surface area contributed by atoms with Crippen molar-refractivity contribution in [3.63, 3.8) is 0 Å². The van der Waals surface area contributed by atoms with Gasteiger partial charge in [-0.1, -0.05) is 40.2 Å². The van der Waals surface area contributed by atoms with Gasteiger partial charge in [0.15, 0.2) is 0 Å². The number of halogens is 1. The Morgan fingerprint density at radius 1 is 1.05 bits per heavy atom. The first-order valence-corrected chi connectivity index (χ1v) is 7.09. The third-order valence-corrected chi connectivity index (χ3v) is 3.68. The van der Waals surface area contributed by atoms with Crippen LogP contribution < -0.4 is 4.90 Å². The minimum absolute atomic E-state index is 0.411. The molecule has 0 unspecified atom stereocenters. The van der Waals surface area contributed by atoms with E-state index in [4.69, 9.17) is 0 Å². The molecular weight excluding hydrogens is 302 g/mol. The van der Waals surface area contributed by atoms with Gasteiger partial charge in [-0.2, -0.15) is 0 Å². The van der Waals surface area contributed by atoms with Gasteiger partial charge < -0.3 is 10.0 Å². The number of rotatable bonds is 4. The van der Waals surface area contributed by atoms with E-state index in [1.807, 2.05) is 24.3 Å². The number of aliphatic hydroxyl groups is 1. The van der Waals surface area contributed by atoms with Crippen molar-refractivity contribution in [2.45, 2.75) is 19.6 Å². The Balaban J connectivity index is 2.07. The quantitative estimate of drug-likeness (QED) is 0.915. The molecule has 0 radical (unpaired) electrons. The standard InChI is InChI=1S/C16H18BrNO/c1-12(19)14-5-9-16(10-6-14)18(2)11-13-3-7-15(17)8-4-13/h3-10,12,19H,11H2,1-2H3/t12-/m1/s1. The summed E-state index contributed by atoms with van der Waals surface area (Å²) in [6, 6.07) is 16.4. The van der Waals surface area contributed by atoms with E-state index >= 15 is 0 Å². The van der Waals surface area contributed by atoms with E-state index in [1.54, 1.807) is 6.92 Å². The number of benzene rings is 2. The number of aliphatic hydroxyl groups excluding tert-OH is 1. The zero-order chi connectivity index (χ0) is 13.8. The van der Waals surface area contributed by atoms with Crippen molar-refractivity contribution in [3.8, 4) is 0 Å². The molecule has 0 heterocycles. The first-order valence-electron chi connectivity index (χ1n) is 6.30. The minimum Gasteiger partial charge on any atom is -0.389 e. The summed E-state index contributed by atoms with van der Waals surface area (Å²) in [5.41, 5.74) is 3.36. The number of hydrogen-bond acceptors (Lipinski definition) is 2. The maximum Gasteiger partial charge on any atom is 0.0761 e. The van der Waals surface area contributed by atoms with Gasteiger partial charge in [-0.05, 0) is 42.3 Å². The van der Waals surface area contributed by atoms with Gasteiger partial charge in [-0.15, -0.1) is 0 Å². The predicted octanol–water partition coefficient (Wildman–Crippen LogP) is 4.14. The number of hydrogen-bond donors (Lipinski definition) is 1. The molecule has 2 aromatic carbocycles. The highest BCUT2D eigenvalue weighted by atomic mass is 79.9. The van der Waals surface area contributed by atoms with Gasteiger partial charge in [-0.25, -0.2) is 0 Å². The van der Waals surface area contributed by atoms with E-state index in [0.29, 0.717) is 0 Å². The molecule has 0 saturated carbocycles. The van der Waals surface area contributed by atoms with Crippen LogP contribution in [0.2, 0.25) is 0 Å². The minimum atomic E-state index is -0.411. The van der Waals surface area contributed by atoms with Gasteiger partial charge in [0, 0.05) is 23.8 Å². The Bertz CT molecular complexity index is 519. The SMILES string of the molecule is C[C@@H](O)c1ccc(N(C)Cc2ccc(Br)cc2)cc1. The van der Waals surface area contributed by atoms with E-state index in [-0.39, 0.29) is 0 Å². The summed E-state index contributed by atoms with van der Waals surface area (Å²) in [7, 11) is 2.07. The van der Waals surface area contributed by atoms with E-state index < -0.39 is 6.10 Å². The zero-order valence-electron chi connectivity index (χ0n) is 11.2. The van der Waals surface area contributed by atoms with Crippen molar-refractivity contribution in [3.05, 3.63) is 64.1 Å². The predicted molar refractivity (Wildman–Crippen MR) is 83.3 cm³/mol. The van der Waals surface area contributed by atoms with Crippen LogP contribution in [0.25, 0.3) is 0 Å². The van der Waals surface area contributed by atoms with Crippen LogP contribution in [0.5, 0.6) is 0 Å². The van der Waals surface area contributed by atoms with Crippen LogP contribution in [0, 0.1) is 0 Å². The van der Waals surface area contributed by atoms with Crippen LogP contribution in [0.4, 0.5) is 5.69 Å². The normalized spacial score (nSPS) is 12.2. The molecule has 0 aliphatic heterocycles. The molecular formula is C16H18BrNO. The van der Waals surface area contributed by atoms with Crippen LogP contribution in [-0.2, 0) is 6.54 Å². The smallest absolute Gasteiger partial charge is 0.0761 e. The van der Waals surface area contributed by atoms with Gasteiger partial charge in [0.05, 0.1) is 6.10 Å². The molecule has 0 spiro atoms. The Hall–Kier alpha value is -1.32. The van der Waals surface area contributed by atoms with Gasteiger partial charge in [0.2, 0.25) is 0 Å². The van der Waals surface area contributed by atoms with Gasteiger partial charge in [-0.3, -0.25) is 0 Å². The van der Waals surface area contributed by atoms with Crippen molar-refractivity contribution in [2.75, 3.05) is 11.9 Å². The Morgan fingerprint density at radius 3 is 2.16 bits per heavy atom. The average Bonchev–Trinajstić information content (AvgIpc) is 2.41. The lowest BCUT2D eigenvalue weighted by molar-refractivity contribution is 0.199. The first-order chi connectivity index (χ1) is 9.06. The molecule has 0 aliphatic carbocycles. The Labute approximate surface area is 122 Å². The highest BCUT2D eigenvalue weighted by Crippen LogP contribution is 2.20. The highest BCUT2D eigenvalue weighted by molar-refractivity contribution is 9.10. The fourth-order valence-corrected chi connectivity index (χ4v) is 2.23. The van der Waals surface area contributed by atoms with Crippen molar-refractivity contribution >= 4 is 21.6 Å². The van der Waals surface area contributed by atoms with Crippen LogP contribution in [0.15, 0.2) is 53.0 Å². The molecule has 0 aliphatic rings. The average molecular weight is 320 g/mol. The summed E-state index contributed by atoms with van der Waals surface area (Å²) in [5.74, 6) is 0. The molecule has 3 heteroatoms. The Morgan fingerprint density at radius 2 is 1.63 bits per heavy atom. The van der Waals surface area contributed by atoms with Crippen molar-refractivity contribution < 1.29 is 5.11 Å². The molecule has 2 nitrogen and oxygen atoms in total. The zero-order valence-corrected chi connectivity index (χ0v) is 12.8. The molecule has 1 N–H and O–H groups in total. The summed E-state index contributed by atoms with van der Waals surface area (Å²) >= 11 is 3.44. The fourth-order valence-electron chi connectivity index (χ4n) is 1.96. The molecule has 2 rings (SSSR count).